The maximum absolute atomic E-state index is 13.4. The fourth-order valence-electron chi connectivity index (χ4n) is 6.94. The zero-order valence-corrected chi connectivity index (χ0v) is 31.5. The molecular formula is C39H49N7O8. The Morgan fingerprint density at radius 2 is 1.17 bits per heavy atom. The first-order valence-corrected chi connectivity index (χ1v) is 18.2. The van der Waals surface area contributed by atoms with Crippen molar-refractivity contribution in [3.8, 4) is 11.1 Å². The molecule has 0 saturated carbocycles. The van der Waals surface area contributed by atoms with E-state index in [1.165, 1.54) is 24.0 Å². The highest BCUT2D eigenvalue weighted by molar-refractivity contribution is 6.01. The normalized spacial score (nSPS) is 17.9. The molecule has 3 aromatic rings. The molecule has 0 radical (unpaired) electrons. The van der Waals surface area contributed by atoms with E-state index in [1.807, 2.05) is 70.2 Å². The number of benzene rings is 2. The van der Waals surface area contributed by atoms with Gasteiger partial charge in [-0.15, -0.1) is 0 Å². The summed E-state index contributed by atoms with van der Waals surface area (Å²) in [7, 11) is 2.47. The highest BCUT2D eigenvalue weighted by Gasteiger charge is 2.40. The Kier molecular flexibility index (Phi) is 12.7. The van der Waals surface area contributed by atoms with Crippen LogP contribution in [0.4, 0.5) is 21.1 Å². The fourth-order valence-corrected chi connectivity index (χ4v) is 6.94. The smallest absolute Gasteiger partial charge is 0.407 e. The Balaban J connectivity index is 1.21. The number of rotatable bonds is 11. The van der Waals surface area contributed by atoms with Crippen LogP contribution < -0.4 is 21.3 Å². The van der Waals surface area contributed by atoms with Gasteiger partial charge in [-0.05, 0) is 84.2 Å². The van der Waals surface area contributed by atoms with E-state index in [4.69, 9.17) is 0 Å². The van der Waals surface area contributed by atoms with Crippen LogP contribution in [-0.2, 0) is 28.7 Å². The average molecular weight is 744 g/mol. The van der Waals surface area contributed by atoms with Gasteiger partial charge in [-0.1, -0.05) is 45.9 Å². The zero-order chi connectivity index (χ0) is 39.1. The first-order chi connectivity index (χ1) is 25.8. The Bertz CT molecular complexity index is 1880. The number of alkyl carbamates (subject to hydrolysis) is 2. The van der Waals surface area contributed by atoms with Crippen LogP contribution in [0.25, 0.3) is 21.9 Å². The van der Waals surface area contributed by atoms with Gasteiger partial charge in [0.1, 0.15) is 30.0 Å². The minimum Gasteiger partial charge on any atom is -0.453 e. The van der Waals surface area contributed by atoms with Gasteiger partial charge in [0.05, 0.1) is 14.2 Å². The van der Waals surface area contributed by atoms with Crippen molar-refractivity contribution in [1.82, 2.24) is 25.4 Å². The molecule has 3 heterocycles. The molecule has 5 rings (SSSR count). The number of amides is 6. The lowest BCUT2D eigenvalue weighted by Gasteiger charge is -2.30. The minimum absolute atomic E-state index is 0.199. The summed E-state index contributed by atoms with van der Waals surface area (Å²) in [6, 6.07) is 12.0. The molecule has 6 amide bonds. The third kappa shape index (κ3) is 9.07. The summed E-state index contributed by atoms with van der Waals surface area (Å²) >= 11 is 0. The van der Waals surface area contributed by atoms with E-state index in [9.17, 15) is 28.8 Å². The number of ether oxygens (including phenoxy) is 2. The molecule has 0 spiro atoms. The third-order valence-corrected chi connectivity index (χ3v) is 9.92. The van der Waals surface area contributed by atoms with Gasteiger partial charge in [0.25, 0.3) is 0 Å². The van der Waals surface area contributed by atoms with Gasteiger partial charge in [0, 0.05) is 30.5 Å². The molecule has 15 nitrogen and oxygen atoms in total. The van der Waals surface area contributed by atoms with Gasteiger partial charge >= 0.3 is 12.2 Å². The predicted molar refractivity (Wildman–Crippen MR) is 202 cm³/mol. The Morgan fingerprint density at radius 1 is 0.667 bits per heavy atom. The summed E-state index contributed by atoms with van der Waals surface area (Å²) in [6.45, 7) is 8.10. The molecule has 15 heteroatoms. The van der Waals surface area contributed by atoms with Gasteiger partial charge in [-0.25, -0.2) is 14.6 Å². The van der Waals surface area contributed by atoms with Gasteiger partial charge < -0.3 is 40.5 Å². The van der Waals surface area contributed by atoms with Crippen molar-refractivity contribution >= 4 is 58.1 Å². The molecule has 54 heavy (non-hydrogen) atoms. The van der Waals surface area contributed by atoms with E-state index in [1.54, 1.807) is 12.3 Å². The summed E-state index contributed by atoms with van der Waals surface area (Å²) in [5, 5.41) is 12.8. The Morgan fingerprint density at radius 3 is 1.67 bits per heavy atom. The molecule has 4 N–H and O–H groups in total. The van der Waals surface area contributed by atoms with Crippen molar-refractivity contribution in [2.75, 3.05) is 37.9 Å². The zero-order valence-electron chi connectivity index (χ0n) is 31.5. The summed E-state index contributed by atoms with van der Waals surface area (Å²) < 4.78 is 9.37. The summed E-state index contributed by atoms with van der Waals surface area (Å²) in [4.78, 5) is 84.6. The van der Waals surface area contributed by atoms with Gasteiger partial charge in [0.15, 0.2) is 0 Å². The van der Waals surface area contributed by atoms with Gasteiger partial charge in [0.2, 0.25) is 23.6 Å². The van der Waals surface area contributed by atoms with E-state index in [2.05, 4.69) is 35.7 Å². The molecule has 0 bridgehead atoms. The minimum atomic E-state index is -0.822. The van der Waals surface area contributed by atoms with Crippen LogP contribution >= 0.6 is 0 Å². The van der Waals surface area contributed by atoms with Crippen LogP contribution in [0.3, 0.4) is 0 Å². The standard InChI is InChI=1S/C39H49N7O8/c1-22(2)32(43-38(51)53-5)36(49)45-17-7-9-29(45)34(47)41-28-15-13-24-19-25(11-12-26(24)20-28)27-14-16-31(40-21-27)42-35(48)30-10-8-18-46(30)37(50)33(23(3)4)44-39(52)54-6/h11-16,19-23,29-30,32-33H,7-10,17-18H2,1-6H3,(H,41,47)(H,43,51)(H,44,52)(H,40,42,48). The average Bonchev–Trinajstić information content (AvgIpc) is 3.86. The highest BCUT2D eigenvalue weighted by atomic mass is 16.5. The molecule has 2 saturated heterocycles. The number of anilines is 2. The van der Waals surface area contributed by atoms with Gasteiger partial charge in [-0.3, -0.25) is 19.2 Å². The van der Waals surface area contributed by atoms with Crippen LogP contribution in [0.2, 0.25) is 0 Å². The quantitative estimate of drug-likeness (QED) is 0.219. The number of fused-ring (bicyclic) bond motifs is 1. The van der Waals surface area contributed by atoms with E-state index in [-0.39, 0.29) is 35.5 Å². The number of nitrogens with one attached hydrogen (secondary N) is 4. The molecule has 2 aromatic carbocycles. The van der Waals surface area contributed by atoms with Crippen LogP contribution in [-0.4, -0.2) is 102 Å². The molecule has 1 aromatic heterocycles. The highest BCUT2D eigenvalue weighted by Crippen LogP contribution is 2.28. The first kappa shape index (κ1) is 39.5. The molecule has 2 aliphatic heterocycles. The number of methoxy groups -OCH3 is 2. The van der Waals surface area contributed by atoms with E-state index in [0.717, 1.165) is 21.9 Å². The van der Waals surface area contributed by atoms with Crippen molar-refractivity contribution in [3.05, 3.63) is 54.7 Å². The number of nitrogens with zero attached hydrogens (tertiary/aromatic N) is 3. The Hall–Kier alpha value is -5.73. The molecule has 4 atom stereocenters. The monoisotopic (exact) mass is 743 g/mol. The van der Waals surface area contributed by atoms with E-state index < -0.39 is 36.4 Å². The second kappa shape index (κ2) is 17.4. The first-order valence-electron chi connectivity index (χ1n) is 18.2. The van der Waals surface area contributed by atoms with Crippen molar-refractivity contribution in [2.45, 2.75) is 77.5 Å². The van der Waals surface area contributed by atoms with Crippen LogP contribution in [0.1, 0.15) is 53.4 Å². The lowest BCUT2D eigenvalue weighted by Crippen LogP contribution is -2.54. The summed E-state index contributed by atoms with van der Waals surface area (Å²) in [6.07, 6.45) is 2.60. The summed E-state index contributed by atoms with van der Waals surface area (Å²) in [5.74, 6) is -1.35. The molecule has 0 aliphatic carbocycles. The largest absolute Gasteiger partial charge is 0.453 e. The topological polar surface area (TPSA) is 188 Å². The maximum Gasteiger partial charge on any atom is 0.407 e. The maximum atomic E-state index is 13.4. The third-order valence-electron chi connectivity index (χ3n) is 9.92. The summed E-state index contributed by atoms with van der Waals surface area (Å²) in [5.41, 5.74) is 2.32. The predicted octanol–water partition coefficient (Wildman–Crippen LogP) is 4.52. The molecule has 2 fully saturated rings. The second-order valence-corrected chi connectivity index (χ2v) is 14.3. The number of aromatic nitrogens is 1. The van der Waals surface area contributed by atoms with Crippen LogP contribution in [0.15, 0.2) is 54.7 Å². The number of carbonyl (C=O) groups excluding carboxylic acids is 6. The van der Waals surface area contributed by atoms with E-state index in [0.29, 0.717) is 50.3 Å². The molecule has 4 unspecified atom stereocenters. The van der Waals surface area contributed by atoms with E-state index >= 15 is 0 Å². The lowest BCUT2D eigenvalue weighted by atomic mass is 10.0. The van der Waals surface area contributed by atoms with Crippen LogP contribution in [0, 0.1) is 11.8 Å². The van der Waals surface area contributed by atoms with Crippen molar-refractivity contribution < 1.29 is 38.2 Å². The number of hydrogen-bond acceptors (Lipinski definition) is 9. The van der Waals surface area contributed by atoms with Crippen molar-refractivity contribution in [3.63, 3.8) is 0 Å². The van der Waals surface area contributed by atoms with Crippen molar-refractivity contribution in [2.24, 2.45) is 11.8 Å². The lowest BCUT2D eigenvalue weighted by molar-refractivity contribution is -0.139. The molecule has 2 aliphatic rings. The van der Waals surface area contributed by atoms with Crippen LogP contribution in [0.5, 0.6) is 0 Å². The number of carbonyl (C=O) groups is 6. The molecular weight excluding hydrogens is 694 g/mol. The molecule has 288 valence electrons. The van der Waals surface area contributed by atoms with Gasteiger partial charge in [-0.2, -0.15) is 0 Å². The SMILES string of the molecule is COC(=O)NC(C(=O)N1CCCC1C(=O)Nc1ccc2cc(-c3ccc(NC(=O)C4CCCN4C(=O)C(NC(=O)OC)C(C)C)nc3)ccc2c1)C(C)C. The second-order valence-electron chi connectivity index (χ2n) is 14.3. The Labute approximate surface area is 314 Å². The number of likely N-dealkylation sites (tertiary alicyclic amines) is 2. The number of pyridine rings is 1. The number of hydrogen-bond donors (Lipinski definition) is 4. The fraction of sp³-hybridized carbons (Fsp3) is 0.462. The van der Waals surface area contributed by atoms with Crippen molar-refractivity contribution in [1.29, 1.82) is 0 Å².